The number of hydrogen-bond donors (Lipinski definition) is 1. The number of ether oxygens (including phenoxy) is 1. The second kappa shape index (κ2) is 15.3. The Bertz CT molecular complexity index is 1730. The van der Waals surface area contributed by atoms with E-state index in [9.17, 15) is 18.0 Å². The molecule has 4 aromatic rings. The molecule has 1 N–H and O–H groups in total. The van der Waals surface area contributed by atoms with Crippen molar-refractivity contribution in [1.82, 2.24) is 10.2 Å². The Morgan fingerprint density at radius 3 is 2.22 bits per heavy atom. The second-order valence-electron chi connectivity index (χ2n) is 10.4. The summed E-state index contributed by atoms with van der Waals surface area (Å²) in [6.07, 6.45) is 0.189. The molecule has 0 unspecified atom stereocenters. The number of sulfonamides is 1. The molecule has 0 saturated carbocycles. The molecule has 4 rings (SSSR count). The van der Waals surface area contributed by atoms with E-state index in [4.69, 9.17) is 27.9 Å². The predicted octanol–water partition coefficient (Wildman–Crippen LogP) is 6.28. The van der Waals surface area contributed by atoms with Crippen molar-refractivity contribution in [2.45, 2.75) is 37.8 Å². The largest absolute Gasteiger partial charge is 0.495 e. The van der Waals surface area contributed by atoms with Gasteiger partial charge in [0, 0.05) is 29.6 Å². The van der Waals surface area contributed by atoms with Gasteiger partial charge in [-0.05, 0) is 61.4 Å². The number of likely N-dealkylation sites (N-methyl/N-ethyl adjacent to an activating group) is 1. The molecular formula is C34H35Cl2N3O5S. The van der Waals surface area contributed by atoms with Gasteiger partial charge in [0.2, 0.25) is 11.8 Å². The van der Waals surface area contributed by atoms with Crippen LogP contribution in [0.2, 0.25) is 10.0 Å². The van der Waals surface area contributed by atoms with Gasteiger partial charge in [-0.15, -0.1) is 0 Å². The highest BCUT2D eigenvalue weighted by molar-refractivity contribution is 7.92. The van der Waals surface area contributed by atoms with Gasteiger partial charge in [-0.3, -0.25) is 13.9 Å². The molecule has 236 valence electrons. The van der Waals surface area contributed by atoms with Crippen LogP contribution in [-0.4, -0.2) is 51.4 Å². The van der Waals surface area contributed by atoms with Gasteiger partial charge in [0.1, 0.15) is 18.3 Å². The highest BCUT2D eigenvalue weighted by Gasteiger charge is 2.35. The van der Waals surface area contributed by atoms with Gasteiger partial charge in [0.25, 0.3) is 10.0 Å². The third kappa shape index (κ3) is 8.36. The molecule has 0 aliphatic heterocycles. The standard InChI is InChI=1S/C34H35Cl2N3O5S/c1-4-37-34(41)31(20-25-10-6-5-7-11-25)38(22-26-12-8-9-13-29(26)36)33(40)23-39(30-21-27(35)16-19-32(30)44-3)45(42,43)28-17-14-24(2)15-18-28/h5-19,21,31H,4,20,22-23H2,1-3H3,(H,37,41)/t31-/m0/s1. The molecule has 0 aliphatic carbocycles. The number of aryl methyl sites for hydroxylation is 1. The lowest BCUT2D eigenvalue weighted by Gasteiger charge is -2.34. The molecule has 2 amide bonds. The van der Waals surface area contributed by atoms with Crippen LogP contribution in [0.4, 0.5) is 5.69 Å². The number of rotatable bonds is 13. The molecule has 0 fully saturated rings. The van der Waals surface area contributed by atoms with E-state index in [1.54, 1.807) is 49.4 Å². The third-order valence-electron chi connectivity index (χ3n) is 7.22. The summed E-state index contributed by atoms with van der Waals surface area (Å²) in [5, 5.41) is 3.50. The zero-order valence-electron chi connectivity index (χ0n) is 25.2. The quantitative estimate of drug-likeness (QED) is 0.181. The SMILES string of the molecule is CCNC(=O)[C@H](Cc1ccccc1)N(Cc1ccccc1Cl)C(=O)CN(c1cc(Cl)ccc1OC)S(=O)(=O)c1ccc(C)cc1. The summed E-state index contributed by atoms with van der Waals surface area (Å²) < 4.78 is 35.0. The average molecular weight is 669 g/mol. The Hall–Kier alpha value is -4.05. The van der Waals surface area contributed by atoms with Crippen LogP contribution in [0.15, 0.2) is 102 Å². The van der Waals surface area contributed by atoms with Crippen molar-refractivity contribution in [3.8, 4) is 5.75 Å². The van der Waals surface area contributed by atoms with Gasteiger partial charge in [-0.2, -0.15) is 0 Å². The van der Waals surface area contributed by atoms with Crippen molar-refractivity contribution in [1.29, 1.82) is 0 Å². The summed E-state index contributed by atoms with van der Waals surface area (Å²) in [4.78, 5) is 29.5. The number of amides is 2. The first-order valence-electron chi connectivity index (χ1n) is 14.3. The summed E-state index contributed by atoms with van der Waals surface area (Å²) in [5.74, 6) is -0.806. The number of nitrogens with zero attached hydrogens (tertiary/aromatic N) is 2. The van der Waals surface area contributed by atoms with Crippen LogP contribution >= 0.6 is 23.2 Å². The van der Waals surface area contributed by atoms with Crippen LogP contribution in [0.5, 0.6) is 5.75 Å². The maximum Gasteiger partial charge on any atom is 0.264 e. The van der Waals surface area contributed by atoms with E-state index in [2.05, 4.69) is 5.32 Å². The van der Waals surface area contributed by atoms with Crippen LogP contribution in [0.1, 0.15) is 23.6 Å². The molecule has 0 aromatic heterocycles. The summed E-state index contributed by atoms with van der Waals surface area (Å²) in [6.45, 7) is 3.28. The maximum absolute atomic E-state index is 14.5. The minimum Gasteiger partial charge on any atom is -0.495 e. The fourth-order valence-electron chi connectivity index (χ4n) is 4.86. The number of benzene rings is 4. The zero-order valence-corrected chi connectivity index (χ0v) is 27.6. The van der Waals surface area contributed by atoms with Gasteiger partial charge in [-0.1, -0.05) is 89.4 Å². The van der Waals surface area contributed by atoms with E-state index < -0.39 is 28.5 Å². The van der Waals surface area contributed by atoms with Gasteiger partial charge in [0.15, 0.2) is 0 Å². The number of methoxy groups -OCH3 is 1. The Morgan fingerprint density at radius 2 is 1.58 bits per heavy atom. The summed E-state index contributed by atoms with van der Waals surface area (Å²) in [5.41, 5.74) is 2.37. The number of carbonyl (C=O) groups is 2. The van der Waals surface area contributed by atoms with Crippen LogP contribution in [-0.2, 0) is 32.6 Å². The second-order valence-corrected chi connectivity index (χ2v) is 13.1. The lowest BCUT2D eigenvalue weighted by molar-refractivity contribution is -0.140. The van der Waals surface area contributed by atoms with Crippen molar-refractivity contribution in [3.63, 3.8) is 0 Å². The Kier molecular flexibility index (Phi) is 11.5. The van der Waals surface area contributed by atoms with Crippen LogP contribution < -0.4 is 14.4 Å². The molecule has 0 aliphatic rings. The lowest BCUT2D eigenvalue weighted by atomic mass is 10.0. The molecule has 1 atom stereocenters. The van der Waals surface area contributed by atoms with Gasteiger partial charge in [-0.25, -0.2) is 8.42 Å². The summed E-state index contributed by atoms with van der Waals surface area (Å²) >= 11 is 12.9. The van der Waals surface area contributed by atoms with Crippen molar-refractivity contribution < 1.29 is 22.7 Å². The van der Waals surface area contributed by atoms with Gasteiger partial charge >= 0.3 is 0 Å². The van der Waals surface area contributed by atoms with Crippen molar-refractivity contribution in [3.05, 3.63) is 124 Å². The van der Waals surface area contributed by atoms with E-state index in [1.165, 1.54) is 36.3 Å². The fraction of sp³-hybridized carbons (Fsp3) is 0.235. The number of carbonyl (C=O) groups excluding carboxylic acids is 2. The molecular weight excluding hydrogens is 633 g/mol. The molecule has 0 radical (unpaired) electrons. The van der Waals surface area contributed by atoms with Crippen LogP contribution in [0.3, 0.4) is 0 Å². The summed E-state index contributed by atoms with van der Waals surface area (Å²) in [6, 6.07) is 26.2. The Balaban J connectivity index is 1.85. The molecule has 0 saturated heterocycles. The predicted molar refractivity (Wildman–Crippen MR) is 178 cm³/mol. The normalized spacial score (nSPS) is 11.8. The first-order chi connectivity index (χ1) is 21.5. The maximum atomic E-state index is 14.5. The number of anilines is 1. The topological polar surface area (TPSA) is 96.0 Å². The van der Waals surface area contributed by atoms with E-state index >= 15 is 0 Å². The molecule has 0 bridgehead atoms. The van der Waals surface area contributed by atoms with E-state index in [1.807, 2.05) is 37.3 Å². The first kappa shape index (κ1) is 33.8. The Morgan fingerprint density at radius 1 is 0.911 bits per heavy atom. The molecule has 45 heavy (non-hydrogen) atoms. The molecule has 0 spiro atoms. The first-order valence-corrected chi connectivity index (χ1v) is 16.5. The van der Waals surface area contributed by atoms with Crippen molar-refractivity contribution >= 4 is 50.7 Å². The lowest BCUT2D eigenvalue weighted by Crippen LogP contribution is -2.53. The van der Waals surface area contributed by atoms with Crippen LogP contribution in [0.25, 0.3) is 0 Å². The minimum absolute atomic E-state index is 0.0230. The van der Waals surface area contributed by atoms with Crippen molar-refractivity contribution in [2.24, 2.45) is 0 Å². The molecule has 8 nitrogen and oxygen atoms in total. The molecule has 0 heterocycles. The Labute approximate surface area is 274 Å². The number of hydrogen-bond acceptors (Lipinski definition) is 5. The van der Waals surface area contributed by atoms with E-state index in [0.29, 0.717) is 17.1 Å². The average Bonchev–Trinajstić information content (AvgIpc) is 3.03. The fourth-order valence-corrected chi connectivity index (χ4v) is 6.64. The highest BCUT2D eigenvalue weighted by atomic mass is 35.5. The van der Waals surface area contributed by atoms with Crippen LogP contribution in [0, 0.1) is 6.92 Å². The number of halogens is 2. The van der Waals surface area contributed by atoms with Crippen molar-refractivity contribution in [2.75, 3.05) is 24.5 Å². The monoisotopic (exact) mass is 667 g/mol. The van der Waals surface area contributed by atoms with E-state index in [0.717, 1.165) is 15.4 Å². The number of nitrogens with one attached hydrogen (secondary N) is 1. The smallest absolute Gasteiger partial charge is 0.264 e. The summed E-state index contributed by atoms with van der Waals surface area (Å²) in [7, 11) is -2.92. The minimum atomic E-state index is -4.32. The molecule has 4 aromatic carbocycles. The molecule has 11 heteroatoms. The third-order valence-corrected chi connectivity index (χ3v) is 9.60. The zero-order chi connectivity index (χ0) is 32.6. The van der Waals surface area contributed by atoms with E-state index in [-0.39, 0.29) is 40.2 Å². The van der Waals surface area contributed by atoms with Gasteiger partial charge < -0.3 is 15.0 Å². The highest BCUT2D eigenvalue weighted by Crippen LogP contribution is 2.35. The van der Waals surface area contributed by atoms with Gasteiger partial charge in [0.05, 0.1) is 17.7 Å².